The number of hydrogen-bond acceptors (Lipinski definition) is 6. The summed E-state index contributed by atoms with van der Waals surface area (Å²) in [7, 11) is 1.20. The van der Waals surface area contributed by atoms with E-state index >= 15 is 0 Å². The Bertz CT molecular complexity index is 1090. The van der Waals surface area contributed by atoms with Crippen LogP contribution in [0.15, 0.2) is 65.2 Å². The van der Waals surface area contributed by atoms with Gasteiger partial charge in [0.15, 0.2) is 0 Å². The fraction of sp³-hybridized carbons (Fsp3) is 0.250. The molecule has 0 fully saturated rings. The van der Waals surface area contributed by atoms with Crippen LogP contribution in [0, 0.1) is 17.2 Å². The number of nitrogens with one attached hydrogen (secondary N) is 2. The smallest absolute Gasteiger partial charge is 0.319 e. The van der Waals surface area contributed by atoms with Crippen molar-refractivity contribution in [1.82, 2.24) is 5.32 Å². The zero-order chi connectivity index (χ0) is 23.1. The topological polar surface area (TPSA) is 108 Å². The van der Waals surface area contributed by atoms with Crippen LogP contribution in [0.4, 0.5) is 5.69 Å². The second-order valence-corrected chi connectivity index (χ2v) is 8.07. The third kappa shape index (κ3) is 5.01. The van der Waals surface area contributed by atoms with Gasteiger partial charge in [-0.1, -0.05) is 67.2 Å². The van der Waals surface area contributed by atoms with Crippen molar-refractivity contribution in [2.75, 3.05) is 18.2 Å². The first-order valence-electron chi connectivity index (χ1n) is 10.1. The highest BCUT2D eigenvalue weighted by molar-refractivity contribution is 8.03. The second-order valence-electron chi connectivity index (χ2n) is 7.08. The molecule has 2 atom stereocenters. The number of hydrogen-bond donors (Lipinski definition) is 2. The first-order chi connectivity index (χ1) is 15.5. The molecule has 2 N–H and O–H groups in total. The lowest BCUT2D eigenvalue weighted by molar-refractivity contribution is -0.150. The van der Waals surface area contributed by atoms with Gasteiger partial charge in [0, 0.05) is 11.6 Å². The number of carbonyl (C=O) groups is 3. The number of nitriles is 1. The number of ether oxygens (including phenoxy) is 1. The molecule has 1 aliphatic rings. The monoisotopic (exact) mass is 449 g/mol. The number of rotatable bonds is 7. The van der Waals surface area contributed by atoms with E-state index in [2.05, 4.69) is 16.7 Å². The number of amides is 2. The summed E-state index contributed by atoms with van der Waals surface area (Å²) < 4.78 is 4.82. The van der Waals surface area contributed by atoms with Gasteiger partial charge in [-0.3, -0.25) is 14.4 Å². The van der Waals surface area contributed by atoms with Gasteiger partial charge in [0.2, 0.25) is 11.8 Å². The van der Waals surface area contributed by atoms with Crippen LogP contribution in [0.1, 0.15) is 24.0 Å². The average molecular weight is 450 g/mol. The molecule has 3 rings (SSSR count). The van der Waals surface area contributed by atoms with Crippen molar-refractivity contribution < 1.29 is 19.1 Å². The van der Waals surface area contributed by atoms with Crippen LogP contribution in [0.5, 0.6) is 0 Å². The van der Waals surface area contributed by atoms with Gasteiger partial charge in [0.05, 0.1) is 29.5 Å². The Labute approximate surface area is 190 Å². The van der Waals surface area contributed by atoms with E-state index in [-0.39, 0.29) is 22.3 Å². The highest BCUT2D eigenvalue weighted by Crippen LogP contribution is 2.40. The minimum absolute atomic E-state index is 0.0107. The van der Waals surface area contributed by atoms with E-state index in [1.54, 1.807) is 24.3 Å². The fourth-order valence-electron chi connectivity index (χ4n) is 3.61. The standard InChI is InChI=1S/C24H23N3O4S/c1-3-15-9-7-8-12-18(15)26-19(28)14-32-23-17(13-25)20(16-10-5-4-6-11-16)21(22(29)27-23)24(30)31-2/h4-12,20-21H,3,14H2,1-2H3,(H,26,28)(H,27,29)/t20-,21-/m1/s1. The van der Waals surface area contributed by atoms with Crippen LogP contribution in [0.25, 0.3) is 0 Å². The van der Waals surface area contributed by atoms with E-state index in [0.717, 1.165) is 29.4 Å². The van der Waals surface area contributed by atoms with E-state index in [0.29, 0.717) is 5.56 Å². The number of methoxy groups -OCH3 is 1. The number of esters is 1. The van der Waals surface area contributed by atoms with E-state index in [1.165, 1.54) is 7.11 Å². The van der Waals surface area contributed by atoms with Gasteiger partial charge in [-0.05, 0) is 23.6 Å². The second kappa shape index (κ2) is 10.6. The normalized spacial score (nSPS) is 17.8. The van der Waals surface area contributed by atoms with Crippen LogP contribution in [0.2, 0.25) is 0 Å². The maximum atomic E-state index is 12.8. The Morgan fingerprint density at radius 2 is 1.84 bits per heavy atom. The molecule has 8 heteroatoms. The highest BCUT2D eigenvalue weighted by Gasteiger charge is 2.44. The van der Waals surface area contributed by atoms with Crippen LogP contribution in [-0.2, 0) is 25.5 Å². The lowest BCUT2D eigenvalue weighted by Crippen LogP contribution is -2.44. The van der Waals surface area contributed by atoms with Gasteiger partial charge in [-0.25, -0.2) is 0 Å². The lowest BCUT2D eigenvalue weighted by Gasteiger charge is -2.30. The molecule has 0 saturated heterocycles. The number of nitrogens with zero attached hydrogens (tertiary/aromatic N) is 1. The quantitative estimate of drug-likeness (QED) is 0.496. The molecule has 164 valence electrons. The first kappa shape index (κ1) is 23.1. The van der Waals surface area contributed by atoms with Gasteiger partial charge in [-0.15, -0.1) is 0 Å². The minimum Gasteiger partial charge on any atom is -0.468 e. The molecule has 0 saturated carbocycles. The number of carbonyl (C=O) groups excluding carboxylic acids is 3. The summed E-state index contributed by atoms with van der Waals surface area (Å²) in [5.41, 5.74) is 2.61. The third-order valence-corrected chi connectivity index (χ3v) is 6.18. The number of allylic oxidation sites excluding steroid dienone is 1. The Kier molecular flexibility index (Phi) is 7.68. The molecule has 0 aromatic heterocycles. The number of aryl methyl sites for hydroxylation is 1. The minimum atomic E-state index is -1.19. The molecule has 2 aromatic rings. The summed E-state index contributed by atoms with van der Waals surface area (Å²) in [5, 5.41) is 15.7. The fourth-order valence-corrected chi connectivity index (χ4v) is 4.46. The van der Waals surface area contributed by atoms with E-state index in [9.17, 15) is 19.6 Å². The van der Waals surface area contributed by atoms with Crippen molar-refractivity contribution in [2.24, 2.45) is 5.92 Å². The van der Waals surface area contributed by atoms with Crippen molar-refractivity contribution in [3.63, 3.8) is 0 Å². The summed E-state index contributed by atoms with van der Waals surface area (Å²) >= 11 is 1.06. The largest absolute Gasteiger partial charge is 0.468 e. The average Bonchev–Trinajstić information content (AvgIpc) is 2.82. The molecular weight excluding hydrogens is 426 g/mol. The molecule has 7 nitrogen and oxygen atoms in total. The predicted molar refractivity (Wildman–Crippen MR) is 122 cm³/mol. The first-order valence-corrected chi connectivity index (χ1v) is 11.1. The van der Waals surface area contributed by atoms with Crippen LogP contribution >= 0.6 is 11.8 Å². The van der Waals surface area contributed by atoms with Crippen LogP contribution < -0.4 is 10.6 Å². The zero-order valence-corrected chi connectivity index (χ0v) is 18.6. The lowest BCUT2D eigenvalue weighted by atomic mass is 9.78. The molecule has 32 heavy (non-hydrogen) atoms. The molecule has 0 bridgehead atoms. The van der Waals surface area contributed by atoms with Gasteiger partial charge < -0.3 is 15.4 Å². The number of anilines is 1. The van der Waals surface area contributed by atoms with E-state index in [1.807, 2.05) is 37.3 Å². The summed E-state index contributed by atoms with van der Waals surface area (Å²) in [6.45, 7) is 2.00. The molecule has 0 spiro atoms. The zero-order valence-electron chi connectivity index (χ0n) is 17.8. The van der Waals surface area contributed by atoms with Crippen molar-refractivity contribution in [2.45, 2.75) is 19.3 Å². The predicted octanol–water partition coefficient (Wildman–Crippen LogP) is 3.36. The van der Waals surface area contributed by atoms with E-state index in [4.69, 9.17) is 4.74 Å². The molecule has 0 unspecified atom stereocenters. The third-order valence-electron chi connectivity index (χ3n) is 5.16. The van der Waals surface area contributed by atoms with Crippen molar-refractivity contribution in [1.29, 1.82) is 5.26 Å². The van der Waals surface area contributed by atoms with Crippen molar-refractivity contribution >= 4 is 35.2 Å². The summed E-state index contributed by atoms with van der Waals surface area (Å²) in [4.78, 5) is 37.7. The Morgan fingerprint density at radius 1 is 1.16 bits per heavy atom. The van der Waals surface area contributed by atoms with Gasteiger partial charge in [-0.2, -0.15) is 5.26 Å². The number of thioether (sulfide) groups is 1. The summed E-state index contributed by atoms with van der Waals surface area (Å²) in [5.74, 6) is -3.55. The molecule has 0 radical (unpaired) electrons. The Hall–Kier alpha value is -3.57. The van der Waals surface area contributed by atoms with E-state index < -0.39 is 23.7 Å². The molecular formula is C24H23N3O4S. The Balaban J connectivity index is 1.86. The maximum Gasteiger partial charge on any atom is 0.319 e. The summed E-state index contributed by atoms with van der Waals surface area (Å²) in [6, 6.07) is 18.5. The number of para-hydroxylation sites is 1. The SMILES string of the molecule is CCc1ccccc1NC(=O)CSC1=C(C#N)[C@@H](c2ccccc2)[C@@H](C(=O)OC)C(=O)N1. The van der Waals surface area contributed by atoms with Crippen LogP contribution in [0.3, 0.4) is 0 Å². The van der Waals surface area contributed by atoms with Crippen molar-refractivity contribution in [3.05, 3.63) is 76.3 Å². The maximum absolute atomic E-state index is 12.8. The van der Waals surface area contributed by atoms with Gasteiger partial charge >= 0.3 is 5.97 Å². The number of benzene rings is 2. The molecule has 1 aliphatic heterocycles. The Morgan fingerprint density at radius 3 is 2.50 bits per heavy atom. The molecule has 0 aliphatic carbocycles. The molecule has 2 amide bonds. The van der Waals surface area contributed by atoms with Crippen LogP contribution in [-0.4, -0.2) is 30.6 Å². The highest BCUT2D eigenvalue weighted by atomic mass is 32.2. The molecule has 1 heterocycles. The van der Waals surface area contributed by atoms with Crippen molar-refractivity contribution in [3.8, 4) is 6.07 Å². The van der Waals surface area contributed by atoms with Gasteiger partial charge in [0.25, 0.3) is 0 Å². The molecule has 2 aromatic carbocycles. The summed E-state index contributed by atoms with van der Waals surface area (Å²) in [6.07, 6.45) is 0.775. The van der Waals surface area contributed by atoms with Gasteiger partial charge in [0.1, 0.15) is 5.92 Å².